The highest BCUT2D eigenvalue weighted by atomic mass is 32.2. The minimum absolute atomic E-state index is 0.0686. The number of hydrogen-bond acceptors (Lipinski definition) is 7. The Labute approximate surface area is 213 Å². The van der Waals surface area contributed by atoms with E-state index < -0.39 is 15.7 Å². The predicted molar refractivity (Wildman–Crippen MR) is 137 cm³/mol. The lowest BCUT2D eigenvalue weighted by molar-refractivity contribution is 0.0880. The van der Waals surface area contributed by atoms with E-state index in [0.717, 1.165) is 0 Å². The molecule has 4 aromatic rings. The zero-order chi connectivity index (χ0) is 26.2. The van der Waals surface area contributed by atoms with E-state index in [1.54, 1.807) is 53.6 Å². The Morgan fingerprint density at radius 1 is 1.11 bits per heavy atom. The zero-order valence-corrected chi connectivity index (χ0v) is 20.8. The summed E-state index contributed by atoms with van der Waals surface area (Å²) in [6.07, 6.45) is 8.67. The first-order chi connectivity index (χ1) is 17.6. The summed E-state index contributed by atoms with van der Waals surface area (Å²) in [6.45, 7) is 3.69. The third-order valence-electron chi connectivity index (χ3n) is 5.48. The maximum atomic E-state index is 13.3. The lowest BCUT2D eigenvalue weighted by atomic mass is 10.1. The number of amides is 1. The number of aromatic nitrogens is 4. The van der Waals surface area contributed by atoms with Crippen LogP contribution in [-0.4, -0.2) is 51.4 Å². The highest BCUT2D eigenvalue weighted by molar-refractivity contribution is 7.91. The van der Waals surface area contributed by atoms with Crippen molar-refractivity contribution in [3.05, 3.63) is 84.7 Å². The molecule has 1 aliphatic rings. The van der Waals surface area contributed by atoms with Crippen molar-refractivity contribution >= 4 is 27.6 Å². The Kier molecular flexibility index (Phi) is 5.91. The van der Waals surface area contributed by atoms with Crippen LogP contribution in [0.3, 0.4) is 0 Å². The van der Waals surface area contributed by atoms with Gasteiger partial charge in [-0.05, 0) is 50.2 Å². The van der Waals surface area contributed by atoms with Gasteiger partial charge >= 0.3 is 10.2 Å². The summed E-state index contributed by atoms with van der Waals surface area (Å²) < 4.78 is 39.0. The fourth-order valence-corrected chi connectivity index (χ4v) is 4.63. The molecule has 0 saturated heterocycles. The molecule has 0 unspecified atom stereocenters. The van der Waals surface area contributed by atoms with Crippen molar-refractivity contribution in [3.63, 3.8) is 0 Å². The van der Waals surface area contributed by atoms with Gasteiger partial charge in [0.2, 0.25) is 0 Å². The molecule has 0 atom stereocenters. The van der Waals surface area contributed by atoms with Gasteiger partial charge in [0.25, 0.3) is 5.91 Å². The number of nitrogens with two attached hydrogens (primary N) is 1. The molecule has 0 saturated carbocycles. The molecule has 0 aliphatic carbocycles. The van der Waals surface area contributed by atoms with Crippen LogP contribution in [0.5, 0.6) is 5.75 Å². The summed E-state index contributed by atoms with van der Waals surface area (Å²) >= 11 is 0. The molecular formula is C24H24N8O4S. The third-order valence-corrected chi connectivity index (χ3v) is 6.39. The van der Waals surface area contributed by atoms with Crippen molar-refractivity contribution in [2.24, 2.45) is 10.1 Å². The van der Waals surface area contributed by atoms with E-state index in [9.17, 15) is 13.2 Å². The van der Waals surface area contributed by atoms with Crippen LogP contribution in [0.25, 0.3) is 11.6 Å². The number of carbonyl (C=O) groups excluding carboxylic acids is 1. The number of nitrogens with zero attached hydrogens (tertiary/aromatic N) is 5. The molecule has 0 spiro atoms. The number of amidine groups is 1. The van der Waals surface area contributed by atoms with Gasteiger partial charge in [0.1, 0.15) is 30.3 Å². The van der Waals surface area contributed by atoms with Gasteiger partial charge in [0.05, 0.1) is 16.8 Å². The molecule has 1 aliphatic heterocycles. The van der Waals surface area contributed by atoms with Gasteiger partial charge in [-0.3, -0.25) is 14.1 Å². The summed E-state index contributed by atoms with van der Waals surface area (Å²) in [5.41, 5.74) is 6.10. The molecule has 0 fully saturated rings. The highest BCUT2D eigenvalue weighted by Gasteiger charge is 2.27. The summed E-state index contributed by atoms with van der Waals surface area (Å²) in [4.78, 5) is 22.0. The van der Waals surface area contributed by atoms with Crippen molar-refractivity contribution < 1.29 is 17.9 Å². The maximum Gasteiger partial charge on any atom is 0.344 e. The number of fused-ring (bicyclic) bond motifs is 1. The number of ether oxygens (including phenoxy) is 1. The number of anilines is 1. The second-order valence-electron chi connectivity index (χ2n) is 8.99. The molecule has 12 nitrogen and oxygen atoms in total. The molecule has 0 bridgehead atoms. The monoisotopic (exact) mass is 520 g/mol. The van der Waals surface area contributed by atoms with Crippen molar-refractivity contribution in [3.8, 4) is 17.4 Å². The lowest BCUT2D eigenvalue weighted by Crippen LogP contribution is -2.48. The zero-order valence-electron chi connectivity index (χ0n) is 20.0. The SMILES string of the molecule is CC(C)(COc1cccc2c1C(N)=NS(=O)(=O)N2)NC(=O)c1cc(-n2cccc2)nc(-n2ccnc2)c1. The van der Waals surface area contributed by atoms with Crippen LogP contribution in [0, 0.1) is 0 Å². The molecule has 4 heterocycles. The average Bonchev–Trinajstić information content (AvgIpc) is 3.56. The van der Waals surface area contributed by atoms with E-state index in [4.69, 9.17) is 10.5 Å². The molecule has 4 N–H and O–H groups in total. The normalized spacial score (nSPS) is 14.3. The van der Waals surface area contributed by atoms with Gasteiger partial charge in [-0.1, -0.05) is 6.07 Å². The first kappa shape index (κ1) is 24.1. The van der Waals surface area contributed by atoms with E-state index in [-0.39, 0.29) is 24.0 Å². The molecule has 5 rings (SSSR count). The minimum atomic E-state index is -3.90. The first-order valence-corrected chi connectivity index (χ1v) is 12.6. The van der Waals surface area contributed by atoms with Gasteiger partial charge in [0.15, 0.2) is 5.84 Å². The van der Waals surface area contributed by atoms with Crippen LogP contribution in [0.4, 0.5) is 5.69 Å². The number of carbonyl (C=O) groups is 1. The maximum absolute atomic E-state index is 13.3. The number of hydrogen-bond donors (Lipinski definition) is 3. The van der Waals surface area contributed by atoms with E-state index in [1.807, 2.05) is 42.9 Å². The second kappa shape index (κ2) is 9.09. The van der Waals surface area contributed by atoms with Crippen LogP contribution in [0.15, 0.2) is 78.0 Å². The Morgan fingerprint density at radius 3 is 2.54 bits per heavy atom. The largest absolute Gasteiger partial charge is 0.490 e. The van der Waals surface area contributed by atoms with Gasteiger partial charge in [-0.25, -0.2) is 9.97 Å². The van der Waals surface area contributed by atoms with Gasteiger partial charge in [-0.15, -0.1) is 4.40 Å². The van der Waals surface area contributed by atoms with Crippen LogP contribution < -0.4 is 20.5 Å². The minimum Gasteiger partial charge on any atom is -0.490 e. The topological polar surface area (TPSA) is 159 Å². The summed E-state index contributed by atoms with van der Waals surface area (Å²) in [6, 6.07) is 12.0. The summed E-state index contributed by atoms with van der Waals surface area (Å²) in [7, 11) is -3.90. The molecule has 1 aromatic carbocycles. The fourth-order valence-electron chi connectivity index (χ4n) is 3.79. The van der Waals surface area contributed by atoms with Gasteiger partial charge < -0.3 is 20.4 Å². The second-order valence-corrected chi connectivity index (χ2v) is 10.3. The Morgan fingerprint density at radius 2 is 1.84 bits per heavy atom. The van der Waals surface area contributed by atoms with Crippen molar-refractivity contribution in [2.45, 2.75) is 19.4 Å². The number of rotatable bonds is 7. The Bertz CT molecular complexity index is 1540. The highest BCUT2D eigenvalue weighted by Crippen LogP contribution is 2.31. The number of benzene rings is 1. The van der Waals surface area contributed by atoms with E-state index in [1.165, 1.54) is 0 Å². The predicted octanol–water partition coefficient (Wildman–Crippen LogP) is 2.02. The first-order valence-electron chi connectivity index (χ1n) is 11.2. The standard InChI is InChI=1S/C24H24N8O4S/c1-24(2,14-36-18-7-5-6-17-21(18)22(25)30-37(34,35)29-17)28-23(33)16-12-19(31-9-3-4-10-31)27-20(13-16)32-11-8-26-15-32/h3-13,15,29H,14H2,1-2H3,(H2,25,30)(H,28,33). The summed E-state index contributed by atoms with van der Waals surface area (Å²) in [5.74, 6) is 0.950. The van der Waals surface area contributed by atoms with Gasteiger partial charge in [-0.2, -0.15) is 8.42 Å². The van der Waals surface area contributed by atoms with E-state index in [2.05, 4.69) is 24.4 Å². The average molecular weight is 521 g/mol. The number of nitrogens with one attached hydrogen (secondary N) is 2. The van der Waals surface area contributed by atoms with Crippen LogP contribution in [0.2, 0.25) is 0 Å². The molecule has 3 aromatic heterocycles. The van der Waals surface area contributed by atoms with Crippen molar-refractivity contribution in [1.29, 1.82) is 0 Å². The fraction of sp³-hybridized carbons (Fsp3) is 0.167. The van der Waals surface area contributed by atoms with E-state index >= 15 is 0 Å². The van der Waals surface area contributed by atoms with Crippen molar-refractivity contribution in [1.82, 2.24) is 24.4 Å². The van der Waals surface area contributed by atoms with Crippen molar-refractivity contribution in [2.75, 3.05) is 11.3 Å². The quantitative estimate of drug-likeness (QED) is 0.336. The number of imidazole rings is 1. The molecule has 1 amide bonds. The Balaban J connectivity index is 1.37. The van der Waals surface area contributed by atoms with Crippen LogP contribution in [0.1, 0.15) is 29.8 Å². The van der Waals surface area contributed by atoms with Gasteiger partial charge in [0, 0.05) is 30.4 Å². The molecule has 13 heteroatoms. The Hall–Kier alpha value is -4.65. The van der Waals surface area contributed by atoms with Crippen LogP contribution >= 0.6 is 0 Å². The third kappa shape index (κ3) is 5.16. The number of pyridine rings is 1. The summed E-state index contributed by atoms with van der Waals surface area (Å²) in [5, 5.41) is 2.99. The van der Waals surface area contributed by atoms with Crippen LogP contribution in [-0.2, 0) is 10.2 Å². The smallest absolute Gasteiger partial charge is 0.344 e. The lowest BCUT2D eigenvalue weighted by Gasteiger charge is -2.28. The van der Waals surface area contributed by atoms with E-state index in [0.29, 0.717) is 28.5 Å². The molecule has 37 heavy (non-hydrogen) atoms. The molecule has 190 valence electrons. The molecular weight excluding hydrogens is 496 g/mol. The molecule has 0 radical (unpaired) electrons.